The molecule has 0 aliphatic carbocycles. The van der Waals surface area contributed by atoms with Gasteiger partial charge in [0.15, 0.2) is 11.5 Å². The van der Waals surface area contributed by atoms with E-state index in [1.54, 1.807) is 21.3 Å². The van der Waals surface area contributed by atoms with Crippen molar-refractivity contribution in [3.63, 3.8) is 0 Å². The number of hydrogen-bond donors (Lipinski definition) is 2. The van der Waals surface area contributed by atoms with Gasteiger partial charge in [0.2, 0.25) is 0 Å². The molecule has 2 N–H and O–H groups in total. The Hall–Kier alpha value is -4.48. The summed E-state index contributed by atoms with van der Waals surface area (Å²) in [5.74, 6) is 5.53. The summed E-state index contributed by atoms with van der Waals surface area (Å²) >= 11 is 0. The fraction of sp³-hybridized carbons (Fsp3) is 0.389. The predicted molar refractivity (Wildman–Crippen MR) is 173 cm³/mol. The van der Waals surface area contributed by atoms with Gasteiger partial charge >= 0.3 is 11.9 Å². The number of nitrogens with zero attached hydrogens (tertiary/aromatic N) is 1. The molecule has 0 fully saturated rings. The first kappa shape index (κ1) is 35.7. The quantitative estimate of drug-likeness (QED) is 0.125. The first-order valence-electron chi connectivity index (χ1n) is 14.8. The summed E-state index contributed by atoms with van der Waals surface area (Å²) in [5.41, 5.74) is 4.62. The Morgan fingerprint density at radius 1 is 0.795 bits per heavy atom. The van der Waals surface area contributed by atoms with Crippen LogP contribution in [0.25, 0.3) is 0 Å². The van der Waals surface area contributed by atoms with E-state index < -0.39 is 11.9 Å². The molecule has 0 saturated carbocycles. The van der Waals surface area contributed by atoms with E-state index in [4.69, 9.17) is 34.0 Å². The Labute approximate surface area is 261 Å². The van der Waals surface area contributed by atoms with Crippen LogP contribution in [-0.4, -0.2) is 68.0 Å². The molecule has 1 unspecified atom stereocenters. The number of carboxylic acids is 2. The van der Waals surface area contributed by atoms with Crippen LogP contribution >= 0.6 is 0 Å². The maximum absolute atomic E-state index is 9.10. The maximum Gasteiger partial charge on any atom is 0.414 e. The third-order valence-corrected chi connectivity index (χ3v) is 7.32. The van der Waals surface area contributed by atoms with Crippen LogP contribution in [0.1, 0.15) is 61.3 Å². The third kappa shape index (κ3) is 12.4. The normalized spacial score (nSPS) is 11.0. The van der Waals surface area contributed by atoms with Crippen molar-refractivity contribution < 1.29 is 34.0 Å². The highest BCUT2D eigenvalue weighted by atomic mass is 16.5. The van der Waals surface area contributed by atoms with E-state index in [-0.39, 0.29) is 0 Å². The molecule has 0 amide bonds. The van der Waals surface area contributed by atoms with Gasteiger partial charge in [-0.2, -0.15) is 0 Å². The molecule has 3 rings (SSSR count). The molecule has 0 aromatic heterocycles. The van der Waals surface area contributed by atoms with E-state index >= 15 is 0 Å². The van der Waals surface area contributed by atoms with Gasteiger partial charge in [-0.25, -0.2) is 9.59 Å². The smallest absolute Gasteiger partial charge is 0.414 e. The van der Waals surface area contributed by atoms with Crippen LogP contribution in [0, 0.1) is 11.8 Å². The second-order valence-corrected chi connectivity index (χ2v) is 10.4. The third-order valence-electron chi connectivity index (χ3n) is 7.32. The lowest BCUT2D eigenvalue weighted by molar-refractivity contribution is -0.159. The Kier molecular flexibility index (Phi) is 16.0. The van der Waals surface area contributed by atoms with E-state index in [1.165, 1.54) is 36.8 Å². The Morgan fingerprint density at radius 3 is 2.11 bits per heavy atom. The number of carbonyl (C=O) groups is 2. The molecule has 0 heterocycles. The van der Waals surface area contributed by atoms with Crippen LogP contribution in [0.15, 0.2) is 66.7 Å². The van der Waals surface area contributed by atoms with Crippen molar-refractivity contribution in [2.45, 2.75) is 57.9 Å². The molecule has 0 bridgehead atoms. The molecule has 0 saturated heterocycles. The molecule has 8 heteroatoms. The van der Waals surface area contributed by atoms with E-state index in [0.29, 0.717) is 6.04 Å². The van der Waals surface area contributed by atoms with Gasteiger partial charge in [0.1, 0.15) is 5.75 Å². The van der Waals surface area contributed by atoms with Crippen molar-refractivity contribution in [1.29, 1.82) is 0 Å². The number of aliphatic carboxylic acids is 2. The highest BCUT2D eigenvalue weighted by molar-refractivity contribution is 6.27. The van der Waals surface area contributed by atoms with Gasteiger partial charge in [-0.3, -0.25) is 0 Å². The number of aryl methyl sites for hydroxylation is 1. The summed E-state index contributed by atoms with van der Waals surface area (Å²) in [6, 6.07) is 23.1. The summed E-state index contributed by atoms with van der Waals surface area (Å²) in [7, 11) is 7.35. The minimum Gasteiger partial charge on any atom is -0.497 e. The zero-order valence-electron chi connectivity index (χ0n) is 26.5. The topological polar surface area (TPSA) is 106 Å². The molecule has 0 spiro atoms. The molecule has 8 nitrogen and oxygen atoms in total. The number of rotatable bonds is 14. The van der Waals surface area contributed by atoms with Crippen LogP contribution in [-0.2, 0) is 22.4 Å². The Bertz CT molecular complexity index is 1370. The van der Waals surface area contributed by atoms with Crippen LogP contribution in [0.4, 0.5) is 0 Å². The van der Waals surface area contributed by atoms with Gasteiger partial charge in [-0.1, -0.05) is 62.3 Å². The standard InChI is InChI=1S/C34H43NO3.C2H2O4/c1-6-7-9-14-31(35(2)24-23-28-16-22-33(37-4)34(25-28)38-5)20-18-30-26-32(36-3)21-19-29(30)17-15-27-12-10-8-11-13-27;3-1(4)2(5)6/h8,10-13,16,19,21-22,25-26,31H,6-7,9,14,18,20,23-24H2,1-5H3;(H,3,4)(H,5,6). The van der Waals surface area contributed by atoms with Crippen molar-refractivity contribution in [2.75, 3.05) is 34.9 Å². The number of unbranched alkanes of at least 4 members (excludes halogenated alkanes) is 2. The molecular weight excluding hydrogens is 558 g/mol. The fourth-order valence-electron chi connectivity index (χ4n) is 4.75. The number of methoxy groups -OCH3 is 3. The molecule has 1 atom stereocenters. The van der Waals surface area contributed by atoms with E-state index in [9.17, 15) is 0 Å². The van der Waals surface area contributed by atoms with E-state index in [0.717, 1.165) is 54.2 Å². The predicted octanol–water partition coefficient (Wildman–Crippen LogP) is 6.32. The lowest BCUT2D eigenvalue weighted by Crippen LogP contribution is -2.34. The van der Waals surface area contributed by atoms with Crippen LogP contribution in [0.5, 0.6) is 17.2 Å². The van der Waals surface area contributed by atoms with Crippen LogP contribution in [0.2, 0.25) is 0 Å². The van der Waals surface area contributed by atoms with Crippen molar-refractivity contribution in [2.24, 2.45) is 0 Å². The highest BCUT2D eigenvalue weighted by Crippen LogP contribution is 2.28. The molecule has 3 aromatic carbocycles. The second kappa shape index (κ2) is 19.7. The average molecular weight is 604 g/mol. The fourth-order valence-corrected chi connectivity index (χ4v) is 4.75. The lowest BCUT2D eigenvalue weighted by Gasteiger charge is -2.29. The SMILES string of the molecule is CCCCCC(CCc1cc(OC)ccc1C#Cc1ccccc1)N(C)CCc1ccc(OC)c(OC)c1.O=C(O)C(=O)O. The largest absolute Gasteiger partial charge is 0.497 e. The van der Waals surface area contributed by atoms with Gasteiger partial charge in [-0.05, 0) is 86.3 Å². The molecule has 0 radical (unpaired) electrons. The number of ether oxygens (including phenoxy) is 3. The Morgan fingerprint density at radius 2 is 1.50 bits per heavy atom. The second-order valence-electron chi connectivity index (χ2n) is 10.4. The lowest BCUT2D eigenvalue weighted by atomic mass is 9.96. The molecule has 3 aromatic rings. The zero-order valence-corrected chi connectivity index (χ0v) is 26.5. The van der Waals surface area contributed by atoms with Crippen molar-refractivity contribution in [1.82, 2.24) is 4.90 Å². The van der Waals surface area contributed by atoms with Gasteiger partial charge in [0.05, 0.1) is 21.3 Å². The summed E-state index contributed by atoms with van der Waals surface area (Å²) in [6.07, 6.45) is 7.97. The molecule has 0 aliphatic rings. The maximum atomic E-state index is 9.10. The van der Waals surface area contributed by atoms with Crippen molar-refractivity contribution in [3.05, 3.63) is 89.0 Å². The van der Waals surface area contributed by atoms with Crippen LogP contribution < -0.4 is 14.2 Å². The van der Waals surface area contributed by atoms with E-state index in [2.05, 4.69) is 55.0 Å². The highest BCUT2D eigenvalue weighted by Gasteiger charge is 2.16. The van der Waals surface area contributed by atoms with Gasteiger partial charge in [0, 0.05) is 23.7 Å². The van der Waals surface area contributed by atoms with Gasteiger partial charge < -0.3 is 29.3 Å². The van der Waals surface area contributed by atoms with E-state index in [1.807, 2.05) is 42.5 Å². The summed E-state index contributed by atoms with van der Waals surface area (Å²) in [6.45, 7) is 3.26. The van der Waals surface area contributed by atoms with Gasteiger partial charge in [0.25, 0.3) is 0 Å². The zero-order chi connectivity index (χ0) is 32.3. The Balaban J connectivity index is 0.00000102. The minimum atomic E-state index is -1.82. The summed E-state index contributed by atoms with van der Waals surface area (Å²) < 4.78 is 16.5. The van der Waals surface area contributed by atoms with Crippen molar-refractivity contribution >= 4 is 11.9 Å². The van der Waals surface area contributed by atoms with Crippen LogP contribution in [0.3, 0.4) is 0 Å². The average Bonchev–Trinajstić information content (AvgIpc) is 3.04. The molecule has 236 valence electrons. The number of benzene rings is 3. The first-order valence-corrected chi connectivity index (χ1v) is 14.8. The summed E-state index contributed by atoms with van der Waals surface area (Å²) in [4.78, 5) is 20.7. The summed E-state index contributed by atoms with van der Waals surface area (Å²) in [5, 5.41) is 14.8. The molecule has 0 aliphatic heterocycles. The number of carboxylic acid groups (broad SMARTS) is 2. The number of hydrogen-bond acceptors (Lipinski definition) is 6. The number of likely N-dealkylation sites (N-methyl/N-ethyl adjacent to an activating group) is 1. The minimum absolute atomic E-state index is 0.503. The van der Waals surface area contributed by atoms with Crippen molar-refractivity contribution in [3.8, 4) is 29.1 Å². The molecule has 44 heavy (non-hydrogen) atoms. The molecular formula is C36H45NO7. The first-order chi connectivity index (χ1) is 21.2. The van der Waals surface area contributed by atoms with Gasteiger partial charge in [-0.15, -0.1) is 0 Å². The monoisotopic (exact) mass is 603 g/mol.